The SMILES string of the molecule is Cc1nc(N[C@H](Cc2ccccn2)C2CC(O)C2)c2sccc2n1. The van der Waals surface area contributed by atoms with Gasteiger partial charge in [-0.05, 0) is 49.3 Å². The van der Waals surface area contributed by atoms with Crippen LogP contribution in [0.5, 0.6) is 0 Å². The van der Waals surface area contributed by atoms with Crippen LogP contribution in [0.3, 0.4) is 0 Å². The monoisotopic (exact) mass is 340 g/mol. The number of aryl methyl sites for hydroxylation is 1. The highest BCUT2D eigenvalue weighted by atomic mass is 32.1. The van der Waals surface area contributed by atoms with Crippen LogP contribution in [-0.2, 0) is 6.42 Å². The molecule has 1 aliphatic rings. The van der Waals surface area contributed by atoms with Gasteiger partial charge in [-0.15, -0.1) is 11.3 Å². The van der Waals surface area contributed by atoms with Crippen LogP contribution in [0.2, 0.25) is 0 Å². The van der Waals surface area contributed by atoms with E-state index in [-0.39, 0.29) is 12.1 Å². The van der Waals surface area contributed by atoms with Crippen LogP contribution in [0.4, 0.5) is 5.82 Å². The number of thiophene rings is 1. The van der Waals surface area contributed by atoms with Crippen molar-refractivity contribution in [2.45, 2.75) is 38.3 Å². The average molecular weight is 340 g/mol. The summed E-state index contributed by atoms with van der Waals surface area (Å²) in [5.41, 5.74) is 2.05. The summed E-state index contributed by atoms with van der Waals surface area (Å²) >= 11 is 1.66. The van der Waals surface area contributed by atoms with Crippen molar-refractivity contribution in [2.75, 3.05) is 5.32 Å². The Morgan fingerprint density at radius 1 is 1.29 bits per heavy atom. The van der Waals surface area contributed by atoms with Gasteiger partial charge in [-0.3, -0.25) is 4.98 Å². The first-order chi connectivity index (χ1) is 11.7. The summed E-state index contributed by atoms with van der Waals surface area (Å²) in [4.78, 5) is 13.6. The summed E-state index contributed by atoms with van der Waals surface area (Å²) in [6, 6.07) is 8.24. The Labute approximate surface area is 144 Å². The van der Waals surface area contributed by atoms with Gasteiger partial charge in [0.1, 0.15) is 11.6 Å². The maximum atomic E-state index is 9.72. The lowest BCUT2D eigenvalue weighted by Gasteiger charge is -2.38. The smallest absolute Gasteiger partial charge is 0.148 e. The van der Waals surface area contributed by atoms with Crippen LogP contribution in [-0.4, -0.2) is 32.2 Å². The van der Waals surface area contributed by atoms with Crippen molar-refractivity contribution in [3.05, 3.63) is 47.4 Å². The van der Waals surface area contributed by atoms with E-state index >= 15 is 0 Å². The zero-order valence-corrected chi connectivity index (χ0v) is 14.3. The third kappa shape index (κ3) is 3.12. The van der Waals surface area contributed by atoms with Crippen LogP contribution in [0.1, 0.15) is 24.4 Å². The number of aliphatic hydroxyl groups is 1. The molecule has 24 heavy (non-hydrogen) atoms. The number of pyridine rings is 1. The quantitative estimate of drug-likeness (QED) is 0.746. The number of aromatic nitrogens is 3. The Kier molecular flexibility index (Phi) is 4.16. The molecular formula is C18H20N4OS. The van der Waals surface area contributed by atoms with Crippen molar-refractivity contribution < 1.29 is 5.11 Å². The number of hydrogen-bond donors (Lipinski definition) is 2. The van der Waals surface area contributed by atoms with Gasteiger partial charge in [-0.25, -0.2) is 9.97 Å². The molecule has 0 radical (unpaired) electrons. The van der Waals surface area contributed by atoms with Gasteiger partial charge < -0.3 is 10.4 Å². The van der Waals surface area contributed by atoms with Gasteiger partial charge in [0.25, 0.3) is 0 Å². The highest BCUT2D eigenvalue weighted by Gasteiger charge is 2.34. The minimum absolute atomic E-state index is 0.170. The standard InChI is InChI=1S/C18H20N4OS/c1-11-20-15-5-7-24-17(15)18(21-11)22-16(12-8-14(23)9-12)10-13-4-2-3-6-19-13/h2-7,12,14,16,23H,8-10H2,1H3,(H,20,21,22)/t12?,14?,16-/m1/s1. The van der Waals surface area contributed by atoms with Crippen LogP contribution in [0.25, 0.3) is 10.2 Å². The fourth-order valence-electron chi connectivity index (χ4n) is 3.29. The van der Waals surface area contributed by atoms with Crippen molar-refractivity contribution in [2.24, 2.45) is 5.92 Å². The molecule has 4 rings (SSSR count). The summed E-state index contributed by atoms with van der Waals surface area (Å²) in [5.74, 6) is 2.11. The first kappa shape index (κ1) is 15.5. The lowest BCUT2D eigenvalue weighted by atomic mass is 9.76. The molecule has 1 fully saturated rings. The van der Waals surface area contributed by atoms with Crippen LogP contribution in [0, 0.1) is 12.8 Å². The molecule has 5 nitrogen and oxygen atoms in total. The molecule has 0 bridgehead atoms. The molecule has 1 atom stereocenters. The number of hydrogen-bond acceptors (Lipinski definition) is 6. The molecule has 6 heteroatoms. The number of fused-ring (bicyclic) bond motifs is 1. The maximum Gasteiger partial charge on any atom is 0.148 e. The first-order valence-electron chi connectivity index (χ1n) is 8.25. The van der Waals surface area contributed by atoms with Gasteiger partial charge in [0.05, 0.1) is 16.3 Å². The number of rotatable bonds is 5. The zero-order valence-electron chi connectivity index (χ0n) is 13.5. The van der Waals surface area contributed by atoms with E-state index in [0.717, 1.165) is 46.8 Å². The van der Waals surface area contributed by atoms with Gasteiger partial charge in [-0.1, -0.05) is 6.07 Å². The molecular weight excluding hydrogens is 320 g/mol. The van der Waals surface area contributed by atoms with Gasteiger partial charge in [0.15, 0.2) is 0 Å². The Bertz CT molecular complexity index is 829. The van der Waals surface area contributed by atoms with E-state index in [9.17, 15) is 5.11 Å². The van der Waals surface area contributed by atoms with Gasteiger partial charge >= 0.3 is 0 Å². The second-order valence-corrected chi connectivity index (χ2v) is 7.33. The van der Waals surface area contributed by atoms with E-state index in [4.69, 9.17) is 0 Å². The fraction of sp³-hybridized carbons (Fsp3) is 0.389. The fourth-order valence-corrected chi connectivity index (χ4v) is 4.07. The third-order valence-corrected chi connectivity index (χ3v) is 5.52. The topological polar surface area (TPSA) is 70.9 Å². The Morgan fingerprint density at radius 2 is 2.17 bits per heavy atom. The van der Waals surface area contributed by atoms with Crippen molar-refractivity contribution in [1.82, 2.24) is 15.0 Å². The molecule has 0 aliphatic heterocycles. The van der Waals surface area contributed by atoms with Crippen molar-refractivity contribution in [3.8, 4) is 0 Å². The molecule has 3 aromatic heterocycles. The molecule has 0 saturated heterocycles. The minimum Gasteiger partial charge on any atom is -0.393 e. The van der Waals surface area contributed by atoms with E-state index in [1.807, 2.05) is 36.7 Å². The Morgan fingerprint density at radius 3 is 2.92 bits per heavy atom. The molecule has 0 unspecified atom stereocenters. The van der Waals surface area contributed by atoms with E-state index in [0.29, 0.717) is 5.92 Å². The zero-order chi connectivity index (χ0) is 16.5. The normalized spacial score (nSPS) is 21.4. The number of anilines is 1. The van der Waals surface area contributed by atoms with Crippen molar-refractivity contribution in [1.29, 1.82) is 0 Å². The van der Waals surface area contributed by atoms with Gasteiger partial charge in [0.2, 0.25) is 0 Å². The molecule has 3 aromatic rings. The molecule has 1 saturated carbocycles. The van der Waals surface area contributed by atoms with E-state index in [1.165, 1.54) is 0 Å². The third-order valence-electron chi connectivity index (χ3n) is 4.61. The predicted octanol–water partition coefficient (Wildman–Crippen LogP) is 3.19. The average Bonchev–Trinajstić information content (AvgIpc) is 3.00. The number of aliphatic hydroxyl groups excluding tert-OH is 1. The highest BCUT2D eigenvalue weighted by Crippen LogP contribution is 2.35. The second kappa shape index (κ2) is 6.45. The Hall–Kier alpha value is -2.05. The summed E-state index contributed by atoms with van der Waals surface area (Å²) in [7, 11) is 0. The Balaban J connectivity index is 1.62. The predicted molar refractivity (Wildman–Crippen MR) is 96.2 cm³/mol. The summed E-state index contributed by atoms with van der Waals surface area (Å²) in [6.45, 7) is 1.92. The largest absolute Gasteiger partial charge is 0.393 e. The van der Waals surface area contributed by atoms with Crippen LogP contribution < -0.4 is 5.32 Å². The van der Waals surface area contributed by atoms with Crippen molar-refractivity contribution >= 4 is 27.4 Å². The molecule has 124 valence electrons. The molecule has 0 amide bonds. The van der Waals surface area contributed by atoms with E-state index in [2.05, 4.69) is 26.3 Å². The number of nitrogens with zero attached hydrogens (tertiary/aromatic N) is 3. The van der Waals surface area contributed by atoms with Crippen LogP contribution in [0.15, 0.2) is 35.8 Å². The second-order valence-electron chi connectivity index (χ2n) is 6.42. The van der Waals surface area contributed by atoms with E-state index < -0.39 is 0 Å². The highest BCUT2D eigenvalue weighted by molar-refractivity contribution is 7.17. The van der Waals surface area contributed by atoms with E-state index in [1.54, 1.807) is 11.3 Å². The number of nitrogens with one attached hydrogen (secondary N) is 1. The minimum atomic E-state index is -0.170. The lowest BCUT2D eigenvalue weighted by molar-refractivity contribution is 0.0341. The van der Waals surface area contributed by atoms with Crippen LogP contribution >= 0.6 is 11.3 Å². The molecule has 1 aliphatic carbocycles. The molecule has 3 heterocycles. The first-order valence-corrected chi connectivity index (χ1v) is 9.13. The molecule has 0 spiro atoms. The summed E-state index contributed by atoms with van der Waals surface area (Å²) < 4.78 is 1.09. The lowest BCUT2D eigenvalue weighted by Crippen LogP contribution is -2.42. The summed E-state index contributed by atoms with van der Waals surface area (Å²) in [5, 5.41) is 15.4. The molecule has 2 N–H and O–H groups in total. The maximum absolute atomic E-state index is 9.72. The van der Waals surface area contributed by atoms with Crippen molar-refractivity contribution in [3.63, 3.8) is 0 Å². The van der Waals surface area contributed by atoms with Gasteiger partial charge in [0, 0.05) is 24.4 Å². The summed E-state index contributed by atoms with van der Waals surface area (Å²) in [6.07, 6.45) is 4.16. The molecule has 0 aromatic carbocycles. The van der Waals surface area contributed by atoms with Gasteiger partial charge in [-0.2, -0.15) is 0 Å².